The van der Waals surface area contributed by atoms with E-state index in [1.54, 1.807) is 0 Å². The number of carbonyl (C=O) groups is 1. The van der Waals surface area contributed by atoms with Gasteiger partial charge in [0.1, 0.15) is 6.04 Å². The number of hydrogen-bond donors (Lipinski definition) is 3. The van der Waals surface area contributed by atoms with Gasteiger partial charge in [0.05, 0.1) is 0 Å². The van der Waals surface area contributed by atoms with Crippen LogP contribution in [0.3, 0.4) is 0 Å². The number of nitrogens with one attached hydrogen (secondary N) is 3. The first kappa shape index (κ1) is 18.6. The molecule has 2 aromatic carbocycles. The lowest BCUT2D eigenvalue weighted by atomic mass is 10.0. The highest BCUT2D eigenvalue weighted by atomic mass is 16.2. The van der Waals surface area contributed by atoms with Gasteiger partial charge in [0.15, 0.2) is 0 Å². The molecule has 1 aliphatic heterocycles. The lowest BCUT2D eigenvalue weighted by Crippen LogP contribution is -2.42. The van der Waals surface area contributed by atoms with Gasteiger partial charge in [0.25, 0.3) is 0 Å². The van der Waals surface area contributed by atoms with E-state index < -0.39 is 0 Å². The first-order valence-corrected chi connectivity index (χ1v) is 9.25. The van der Waals surface area contributed by atoms with Gasteiger partial charge in [-0.3, -0.25) is 4.79 Å². The molecule has 2 atom stereocenters. The minimum Gasteiger partial charge on any atom is -0.351 e. The summed E-state index contributed by atoms with van der Waals surface area (Å²) in [6.07, 6.45) is 0.747. The number of hydrazine groups is 1. The van der Waals surface area contributed by atoms with E-state index in [2.05, 4.69) is 71.4 Å². The number of benzene rings is 2. The number of hydrogen-bond acceptors (Lipinski definition) is 4. The second-order valence-electron chi connectivity index (χ2n) is 6.91. The molecule has 2 unspecified atom stereocenters. The average molecular weight is 352 g/mol. The molecule has 0 aliphatic carbocycles. The van der Waals surface area contributed by atoms with Gasteiger partial charge in [0.2, 0.25) is 5.91 Å². The third-order valence-corrected chi connectivity index (χ3v) is 4.87. The standard InChI is InChI=1S/C21H28N4O/c1-3-25(2)15-17-9-7-8-16(12-17)14-22-21(26)20-13-19(23-24-20)18-10-5-4-6-11-18/h4-12,19-20,23-24H,3,13-15H2,1-2H3,(H,22,26). The van der Waals surface area contributed by atoms with Crippen molar-refractivity contribution in [3.05, 3.63) is 71.3 Å². The maximum atomic E-state index is 12.5. The second-order valence-corrected chi connectivity index (χ2v) is 6.91. The number of rotatable bonds is 7. The van der Waals surface area contributed by atoms with Crippen LogP contribution >= 0.6 is 0 Å². The summed E-state index contributed by atoms with van der Waals surface area (Å²) in [6.45, 7) is 4.64. The van der Waals surface area contributed by atoms with Gasteiger partial charge in [-0.1, -0.05) is 61.5 Å². The molecule has 0 spiro atoms. The van der Waals surface area contributed by atoms with E-state index in [1.807, 2.05) is 18.2 Å². The Labute approximate surface area is 155 Å². The van der Waals surface area contributed by atoms with Crippen LogP contribution in [0.4, 0.5) is 0 Å². The number of amides is 1. The van der Waals surface area contributed by atoms with Crippen molar-refractivity contribution in [1.82, 2.24) is 21.1 Å². The molecule has 1 amide bonds. The van der Waals surface area contributed by atoms with E-state index in [4.69, 9.17) is 0 Å². The highest BCUT2D eigenvalue weighted by molar-refractivity contribution is 5.82. The number of carbonyl (C=O) groups excluding carboxylic acids is 1. The molecule has 0 bridgehead atoms. The van der Waals surface area contributed by atoms with Gasteiger partial charge in [-0.15, -0.1) is 0 Å². The van der Waals surface area contributed by atoms with Crippen molar-refractivity contribution < 1.29 is 4.79 Å². The van der Waals surface area contributed by atoms with Gasteiger partial charge in [-0.05, 0) is 36.7 Å². The summed E-state index contributed by atoms with van der Waals surface area (Å²) in [5, 5.41) is 3.05. The molecule has 0 saturated carbocycles. The highest BCUT2D eigenvalue weighted by Gasteiger charge is 2.29. The molecule has 2 aromatic rings. The summed E-state index contributed by atoms with van der Waals surface area (Å²) in [5.41, 5.74) is 9.94. The molecule has 5 nitrogen and oxygen atoms in total. The summed E-state index contributed by atoms with van der Waals surface area (Å²) < 4.78 is 0. The van der Waals surface area contributed by atoms with Crippen LogP contribution in [0.1, 0.15) is 36.1 Å². The van der Waals surface area contributed by atoms with Gasteiger partial charge in [-0.25, -0.2) is 10.9 Å². The van der Waals surface area contributed by atoms with Crippen LogP contribution in [-0.4, -0.2) is 30.4 Å². The summed E-state index contributed by atoms with van der Waals surface area (Å²) in [4.78, 5) is 14.7. The lowest BCUT2D eigenvalue weighted by Gasteiger charge is -2.15. The molecule has 26 heavy (non-hydrogen) atoms. The Kier molecular flexibility index (Phi) is 6.39. The van der Waals surface area contributed by atoms with Crippen LogP contribution in [-0.2, 0) is 17.9 Å². The zero-order valence-electron chi connectivity index (χ0n) is 15.5. The Balaban J connectivity index is 1.51. The van der Waals surface area contributed by atoms with Gasteiger partial charge >= 0.3 is 0 Å². The summed E-state index contributed by atoms with van der Waals surface area (Å²) >= 11 is 0. The zero-order valence-corrected chi connectivity index (χ0v) is 15.5. The summed E-state index contributed by atoms with van der Waals surface area (Å²) in [7, 11) is 2.11. The molecular formula is C21H28N4O. The van der Waals surface area contributed by atoms with Gasteiger partial charge in [-0.2, -0.15) is 0 Å². The smallest absolute Gasteiger partial charge is 0.238 e. The minimum atomic E-state index is -0.213. The van der Waals surface area contributed by atoms with Crippen LogP contribution in [0.15, 0.2) is 54.6 Å². The Bertz CT molecular complexity index is 719. The summed E-state index contributed by atoms with van der Waals surface area (Å²) in [6, 6.07) is 18.6. The maximum absolute atomic E-state index is 12.5. The largest absolute Gasteiger partial charge is 0.351 e. The molecule has 0 aromatic heterocycles. The lowest BCUT2D eigenvalue weighted by molar-refractivity contribution is -0.123. The SMILES string of the molecule is CCN(C)Cc1cccc(CNC(=O)C2CC(c3ccccc3)NN2)c1. The molecule has 0 radical (unpaired) electrons. The third kappa shape index (κ3) is 4.91. The van der Waals surface area contributed by atoms with Crippen molar-refractivity contribution in [3.8, 4) is 0 Å². The average Bonchev–Trinajstić information content (AvgIpc) is 3.17. The third-order valence-electron chi connectivity index (χ3n) is 4.87. The van der Waals surface area contributed by atoms with Crippen LogP contribution in [0.5, 0.6) is 0 Å². The van der Waals surface area contributed by atoms with Gasteiger partial charge < -0.3 is 10.2 Å². The second kappa shape index (κ2) is 8.94. The predicted molar refractivity (Wildman–Crippen MR) is 104 cm³/mol. The molecule has 1 saturated heterocycles. The first-order chi connectivity index (χ1) is 12.7. The van der Waals surface area contributed by atoms with E-state index >= 15 is 0 Å². The van der Waals surface area contributed by atoms with E-state index in [-0.39, 0.29) is 18.0 Å². The molecule has 1 heterocycles. The summed E-state index contributed by atoms with van der Waals surface area (Å²) in [5.74, 6) is 0.0343. The van der Waals surface area contributed by atoms with Gasteiger partial charge in [0, 0.05) is 19.1 Å². The zero-order chi connectivity index (χ0) is 18.4. The topological polar surface area (TPSA) is 56.4 Å². The molecule has 1 aliphatic rings. The van der Waals surface area contributed by atoms with E-state index in [0.717, 1.165) is 25.1 Å². The van der Waals surface area contributed by atoms with Crippen molar-refractivity contribution >= 4 is 5.91 Å². The fourth-order valence-electron chi connectivity index (χ4n) is 3.21. The Morgan fingerprint density at radius 2 is 1.88 bits per heavy atom. The van der Waals surface area contributed by atoms with Crippen LogP contribution in [0, 0.1) is 0 Å². The predicted octanol–water partition coefficient (Wildman–Crippen LogP) is 2.36. The molecule has 3 N–H and O–H groups in total. The normalized spacial score (nSPS) is 19.7. The first-order valence-electron chi connectivity index (χ1n) is 9.25. The maximum Gasteiger partial charge on any atom is 0.238 e. The van der Waals surface area contributed by atoms with E-state index in [1.165, 1.54) is 11.1 Å². The molecule has 1 fully saturated rings. The molecular weight excluding hydrogens is 324 g/mol. The van der Waals surface area contributed by atoms with Crippen LogP contribution in [0.2, 0.25) is 0 Å². The monoisotopic (exact) mass is 352 g/mol. The van der Waals surface area contributed by atoms with Crippen molar-refractivity contribution in [2.75, 3.05) is 13.6 Å². The van der Waals surface area contributed by atoms with Crippen LogP contribution in [0.25, 0.3) is 0 Å². The Hall–Kier alpha value is -2.21. The van der Waals surface area contributed by atoms with Crippen molar-refractivity contribution in [2.45, 2.75) is 38.5 Å². The van der Waals surface area contributed by atoms with Crippen molar-refractivity contribution in [2.24, 2.45) is 0 Å². The molecule has 3 rings (SSSR count). The van der Waals surface area contributed by atoms with Crippen LogP contribution < -0.4 is 16.2 Å². The molecule has 5 heteroatoms. The Morgan fingerprint density at radius 3 is 2.65 bits per heavy atom. The number of nitrogens with zero attached hydrogens (tertiary/aromatic N) is 1. The fraction of sp³-hybridized carbons (Fsp3) is 0.381. The highest BCUT2D eigenvalue weighted by Crippen LogP contribution is 2.21. The fourth-order valence-corrected chi connectivity index (χ4v) is 3.21. The Morgan fingerprint density at radius 1 is 1.12 bits per heavy atom. The quantitative estimate of drug-likeness (QED) is 0.716. The molecule has 138 valence electrons. The van der Waals surface area contributed by atoms with E-state index in [0.29, 0.717) is 6.54 Å². The minimum absolute atomic E-state index is 0.0343. The van der Waals surface area contributed by atoms with Crippen molar-refractivity contribution in [1.29, 1.82) is 0 Å². The van der Waals surface area contributed by atoms with E-state index in [9.17, 15) is 4.79 Å². The van der Waals surface area contributed by atoms with Crippen molar-refractivity contribution in [3.63, 3.8) is 0 Å².